The van der Waals surface area contributed by atoms with Crippen LogP contribution in [0.2, 0.25) is 0 Å². The summed E-state index contributed by atoms with van der Waals surface area (Å²) in [5, 5.41) is 11.7. The predicted molar refractivity (Wildman–Crippen MR) is 71.8 cm³/mol. The molecule has 0 saturated heterocycles. The number of carboxylic acid groups (broad SMARTS) is 1. The molecule has 1 aliphatic rings. The maximum atomic E-state index is 11.8. The van der Waals surface area contributed by atoms with E-state index < -0.39 is 5.97 Å². The second-order valence-corrected chi connectivity index (χ2v) is 5.35. The number of rotatable bonds is 5. The molecule has 0 fully saturated rings. The molecule has 1 atom stereocenters. The van der Waals surface area contributed by atoms with E-state index in [9.17, 15) is 9.59 Å². The van der Waals surface area contributed by atoms with Gasteiger partial charge in [0, 0.05) is 18.9 Å². The molecule has 1 aromatic carbocycles. The van der Waals surface area contributed by atoms with Gasteiger partial charge < -0.3 is 10.4 Å². The quantitative estimate of drug-likeness (QED) is 0.849. The molecule has 0 aromatic heterocycles. The van der Waals surface area contributed by atoms with Crippen LogP contribution in [0.25, 0.3) is 0 Å². The summed E-state index contributed by atoms with van der Waals surface area (Å²) in [6.45, 7) is 1.79. The topological polar surface area (TPSA) is 66.4 Å². The van der Waals surface area contributed by atoms with Gasteiger partial charge in [-0.25, -0.2) is 0 Å². The first-order chi connectivity index (χ1) is 9.04. The van der Waals surface area contributed by atoms with Gasteiger partial charge in [-0.05, 0) is 29.9 Å². The molecule has 1 aliphatic carbocycles. The highest BCUT2D eigenvalue weighted by atomic mass is 16.4. The molecule has 2 rings (SSSR count). The second kappa shape index (κ2) is 5.87. The Labute approximate surface area is 112 Å². The first-order valence-electron chi connectivity index (χ1n) is 6.62. The lowest BCUT2D eigenvalue weighted by atomic mass is 10.0. The van der Waals surface area contributed by atoms with Crippen molar-refractivity contribution in [1.29, 1.82) is 0 Å². The molecule has 1 amide bonds. The summed E-state index contributed by atoms with van der Waals surface area (Å²) in [4.78, 5) is 22.4. The highest BCUT2D eigenvalue weighted by molar-refractivity contribution is 5.77. The van der Waals surface area contributed by atoms with Crippen molar-refractivity contribution in [3.8, 4) is 0 Å². The van der Waals surface area contributed by atoms with E-state index in [1.54, 1.807) is 6.92 Å². The van der Waals surface area contributed by atoms with Crippen molar-refractivity contribution in [3.05, 3.63) is 35.4 Å². The molecule has 102 valence electrons. The number of nitrogens with one attached hydrogen (secondary N) is 1. The number of hydrogen-bond donors (Lipinski definition) is 2. The van der Waals surface area contributed by atoms with Gasteiger partial charge in [0.25, 0.3) is 0 Å². The van der Waals surface area contributed by atoms with E-state index in [0.717, 1.165) is 12.8 Å². The number of hydrogen-bond acceptors (Lipinski definition) is 2. The zero-order valence-corrected chi connectivity index (χ0v) is 11.1. The maximum Gasteiger partial charge on any atom is 0.303 e. The number of carbonyl (C=O) groups excluding carboxylic acids is 1. The number of carboxylic acids is 1. The number of benzene rings is 1. The van der Waals surface area contributed by atoms with Crippen LogP contribution in [-0.4, -0.2) is 23.0 Å². The Morgan fingerprint density at radius 2 is 1.84 bits per heavy atom. The predicted octanol–water partition coefficient (Wildman–Crippen LogP) is 1.77. The molecular weight excluding hydrogens is 242 g/mol. The van der Waals surface area contributed by atoms with Crippen LogP contribution in [0.4, 0.5) is 0 Å². The lowest BCUT2D eigenvalue weighted by molar-refractivity contribution is -0.138. The Bertz CT molecular complexity index is 459. The molecule has 0 heterocycles. The minimum absolute atomic E-state index is 0.0400. The fraction of sp³-hybridized carbons (Fsp3) is 0.467. The minimum Gasteiger partial charge on any atom is -0.481 e. The van der Waals surface area contributed by atoms with Crippen molar-refractivity contribution in [2.24, 2.45) is 5.92 Å². The number of carbonyl (C=O) groups is 2. The molecule has 0 bridgehead atoms. The van der Waals surface area contributed by atoms with Crippen LogP contribution < -0.4 is 5.32 Å². The van der Waals surface area contributed by atoms with Gasteiger partial charge in [-0.2, -0.15) is 0 Å². The van der Waals surface area contributed by atoms with Crippen molar-refractivity contribution < 1.29 is 14.7 Å². The van der Waals surface area contributed by atoms with Crippen LogP contribution in [0.5, 0.6) is 0 Å². The van der Waals surface area contributed by atoms with Gasteiger partial charge in [0.2, 0.25) is 5.91 Å². The molecule has 0 spiro atoms. The zero-order valence-electron chi connectivity index (χ0n) is 11.1. The molecule has 4 nitrogen and oxygen atoms in total. The van der Waals surface area contributed by atoms with Crippen LogP contribution in [0.3, 0.4) is 0 Å². The van der Waals surface area contributed by atoms with Crippen molar-refractivity contribution in [1.82, 2.24) is 5.32 Å². The fourth-order valence-electron chi connectivity index (χ4n) is 2.63. The van der Waals surface area contributed by atoms with Gasteiger partial charge in [-0.15, -0.1) is 0 Å². The molecular formula is C15H19NO3. The van der Waals surface area contributed by atoms with Gasteiger partial charge in [0.1, 0.15) is 0 Å². The largest absolute Gasteiger partial charge is 0.481 e. The van der Waals surface area contributed by atoms with Gasteiger partial charge in [-0.1, -0.05) is 31.2 Å². The summed E-state index contributed by atoms with van der Waals surface area (Å²) >= 11 is 0. The van der Waals surface area contributed by atoms with E-state index in [-0.39, 0.29) is 30.7 Å². The number of fused-ring (bicyclic) bond motifs is 1. The summed E-state index contributed by atoms with van der Waals surface area (Å²) in [6, 6.07) is 8.36. The molecule has 19 heavy (non-hydrogen) atoms. The molecule has 1 aromatic rings. The van der Waals surface area contributed by atoms with Crippen LogP contribution in [-0.2, 0) is 22.4 Å². The minimum atomic E-state index is -0.853. The fourth-order valence-corrected chi connectivity index (χ4v) is 2.63. The maximum absolute atomic E-state index is 11.8. The van der Waals surface area contributed by atoms with E-state index in [4.69, 9.17) is 5.11 Å². The summed E-state index contributed by atoms with van der Waals surface area (Å²) in [5.74, 6) is -1.03. The lowest BCUT2D eigenvalue weighted by Crippen LogP contribution is -2.36. The van der Waals surface area contributed by atoms with Crippen LogP contribution in [0.15, 0.2) is 24.3 Å². The third-order valence-electron chi connectivity index (χ3n) is 3.47. The highest BCUT2D eigenvalue weighted by Crippen LogP contribution is 2.21. The van der Waals surface area contributed by atoms with Gasteiger partial charge in [0.05, 0.1) is 0 Å². The smallest absolute Gasteiger partial charge is 0.303 e. The first-order valence-corrected chi connectivity index (χ1v) is 6.62. The number of aliphatic carboxylic acids is 1. The van der Waals surface area contributed by atoms with E-state index in [2.05, 4.69) is 17.4 Å². The summed E-state index contributed by atoms with van der Waals surface area (Å²) in [6.07, 6.45) is 2.06. The zero-order chi connectivity index (χ0) is 13.8. The van der Waals surface area contributed by atoms with E-state index in [0.29, 0.717) is 0 Å². The Morgan fingerprint density at radius 1 is 1.26 bits per heavy atom. The Hall–Kier alpha value is -1.84. The Morgan fingerprint density at radius 3 is 2.37 bits per heavy atom. The monoisotopic (exact) mass is 261 g/mol. The molecule has 0 radical (unpaired) electrons. The van der Waals surface area contributed by atoms with Crippen LogP contribution >= 0.6 is 0 Å². The van der Waals surface area contributed by atoms with Crippen LogP contribution in [0.1, 0.15) is 30.9 Å². The van der Waals surface area contributed by atoms with Crippen molar-refractivity contribution >= 4 is 11.9 Å². The molecule has 1 unspecified atom stereocenters. The average molecular weight is 261 g/mol. The summed E-state index contributed by atoms with van der Waals surface area (Å²) < 4.78 is 0. The SMILES string of the molecule is CC(CC(=O)O)CC(=O)NC1Cc2ccccc2C1. The highest BCUT2D eigenvalue weighted by Gasteiger charge is 2.23. The molecule has 2 N–H and O–H groups in total. The average Bonchev–Trinajstić information content (AvgIpc) is 2.68. The Balaban J connectivity index is 1.80. The second-order valence-electron chi connectivity index (χ2n) is 5.35. The van der Waals surface area contributed by atoms with Gasteiger partial charge >= 0.3 is 5.97 Å². The van der Waals surface area contributed by atoms with Crippen molar-refractivity contribution in [2.75, 3.05) is 0 Å². The third kappa shape index (κ3) is 3.81. The Kier molecular flexibility index (Phi) is 4.20. The normalized spacial score (nSPS) is 15.8. The summed E-state index contributed by atoms with van der Waals surface area (Å²) in [5.41, 5.74) is 2.60. The van der Waals surface area contributed by atoms with E-state index in [1.165, 1.54) is 11.1 Å². The number of amides is 1. The van der Waals surface area contributed by atoms with E-state index in [1.807, 2.05) is 12.1 Å². The van der Waals surface area contributed by atoms with Gasteiger partial charge in [-0.3, -0.25) is 9.59 Å². The standard InChI is InChI=1S/C15H19NO3/c1-10(7-15(18)19)6-14(17)16-13-8-11-4-2-3-5-12(11)9-13/h2-5,10,13H,6-9H2,1H3,(H,16,17)(H,18,19). The first kappa shape index (κ1) is 13.6. The summed E-state index contributed by atoms with van der Waals surface area (Å²) in [7, 11) is 0. The van der Waals surface area contributed by atoms with Crippen molar-refractivity contribution in [3.63, 3.8) is 0 Å². The third-order valence-corrected chi connectivity index (χ3v) is 3.47. The van der Waals surface area contributed by atoms with Gasteiger partial charge in [0.15, 0.2) is 0 Å². The van der Waals surface area contributed by atoms with Crippen LogP contribution in [0, 0.1) is 5.92 Å². The van der Waals surface area contributed by atoms with E-state index >= 15 is 0 Å². The molecule has 4 heteroatoms. The van der Waals surface area contributed by atoms with Crippen molar-refractivity contribution in [2.45, 2.75) is 38.6 Å². The molecule has 0 aliphatic heterocycles. The molecule has 0 saturated carbocycles. The lowest BCUT2D eigenvalue weighted by Gasteiger charge is -2.14.